The van der Waals surface area contributed by atoms with E-state index in [0.29, 0.717) is 18.8 Å². The summed E-state index contributed by atoms with van der Waals surface area (Å²) in [7, 11) is 0. The first-order valence-corrected chi connectivity index (χ1v) is 10.7. The van der Waals surface area contributed by atoms with Gasteiger partial charge in [-0.3, -0.25) is 10.2 Å². The second kappa shape index (κ2) is 10.2. The van der Waals surface area contributed by atoms with E-state index in [4.69, 9.17) is 15.7 Å². The zero-order valence-electron chi connectivity index (χ0n) is 17.2. The molecule has 7 heteroatoms. The summed E-state index contributed by atoms with van der Waals surface area (Å²) in [6.45, 7) is 2.84. The van der Waals surface area contributed by atoms with Crippen LogP contribution >= 0.6 is 0 Å². The van der Waals surface area contributed by atoms with Crippen molar-refractivity contribution < 1.29 is 9.32 Å². The molecule has 1 saturated heterocycles. The number of guanidine groups is 1. The van der Waals surface area contributed by atoms with Crippen molar-refractivity contribution in [3.05, 3.63) is 35.7 Å². The average Bonchev–Trinajstić information content (AvgIpc) is 3.40. The summed E-state index contributed by atoms with van der Waals surface area (Å²) in [6.07, 6.45) is 10.3. The molecule has 0 amide bonds. The number of nitrogens with two attached hydrogens (primary N) is 1. The number of likely N-dealkylation sites (tertiary alicyclic amines) is 1. The zero-order chi connectivity index (χ0) is 20.6. The van der Waals surface area contributed by atoms with Gasteiger partial charge in [0, 0.05) is 12.1 Å². The second-order valence-electron chi connectivity index (χ2n) is 7.74. The van der Waals surface area contributed by atoms with E-state index in [9.17, 15) is 4.79 Å². The fourth-order valence-electron chi connectivity index (χ4n) is 3.84. The van der Waals surface area contributed by atoms with Gasteiger partial charge in [-0.15, -0.1) is 0 Å². The minimum atomic E-state index is -0.486. The van der Waals surface area contributed by atoms with Crippen LogP contribution in [-0.2, 0) is 6.42 Å². The summed E-state index contributed by atoms with van der Waals surface area (Å²) in [6, 6.07) is 7.65. The van der Waals surface area contributed by atoms with Crippen molar-refractivity contribution in [2.24, 2.45) is 5.73 Å². The molecule has 1 unspecified atom stereocenters. The Morgan fingerprint density at radius 2 is 1.93 bits per heavy atom. The predicted octanol–water partition coefficient (Wildman–Crippen LogP) is 4.18. The topological polar surface area (TPSA) is 109 Å². The summed E-state index contributed by atoms with van der Waals surface area (Å²) in [5.74, 6) is 0.0267. The molecular formula is C22H31N5O2. The molecule has 3 rings (SSSR count). The fraction of sp³-hybridized carbons (Fsp3) is 0.545. The number of hydrogen-bond donors (Lipinski definition) is 2. The maximum atomic E-state index is 12.7. The number of unbranched alkanes of at least 4 members (excludes halogenated alkanes) is 5. The van der Waals surface area contributed by atoms with Gasteiger partial charge >= 0.3 is 0 Å². The summed E-state index contributed by atoms with van der Waals surface area (Å²) in [5.41, 5.74) is 7.70. The van der Waals surface area contributed by atoms with Gasteiger partial charge in [-0.25, -0.2) is 0 Å². The maximum Gasteiger partial charge on any atom is 0.296 e. The van der Waals surface area contributed by atoms with Crippen LogP contribution in [0.1, 0.15) is 74.5 Å². The third-order valence-corrected chi connectivity index (χ3v) is 5.53. The fourth-order valence-corrected chi connectivity index (χ4v) is 3.84. The number of hydrogen-bond acceptors (Lipinski definition) is 5. The van der Waals surface area contributed by atoms with Gasteiger partial charge in [0.1, 0.15) is 6.04 Å². The Balaban J connectivity index is 1.56. The van der Waals surface area contributed by atoms with Crippen molar-refractivity contribution in [2.45, 2.75) is 70.8 Å². The van der Waals surface area contributed by atoms with Gasteiger partial charge in [0.2, 0.25) is 11.6 Å². The van der Waals surface area contributed by atoms with Crippen LogP contribution < -0.4 is 5.73 Å². The molecular weight excluding hydrogens is 366 g/mol. The molecule has 0 aliphatic carbocycles. The van der Waals surface area contributed by atoms with Gasteiger partial charge in [0.25, 0.3) is 5.89 Å². The Labute approximate surface area is 172 Å². The first-order valence-electron chi connectivity index (χ1n) is 10.7. The van der Waals surface area contributed by atoms with Crippen LogP contribution in [0.3, 0.4) is 0 Å². The van der Waals surface area contributed by atoms with Crippen LogP contribution in [0.2, 0.25) is 0 Å². The van der Waals surface area contributed by atoms with E-state index >= 15 is 0 Å². The molecule has 0 bridgehead atoms. The molecule has 0 radical (unpaired) electrons. The van der Waals surface area contributed by atoms with Crippen LogP contribution in [0.4, 0.5) is 0 Å². The van der Waals surface area contributed by atoms with Gasteiger partial charge < -0.3 is 15.2 Å². The highest BCUT2D eigenvalue weighted by molar-refractivity contribution is 5.98. The van der Waals surface area contributed by atoms with Crippen LogP contribution in [0.15, 0.2) is 28.8 Å². The lowest BCUT2D eigenvalue weighted by Crippen LogP contribution is -2.44. The molecule has 0 spiro atoms. The Kier molecular flexibility index (Phi) is 7.38. The summed E-state index contributed by atoms with van der Waals surface area (Å²) < 4.78 is 5.21. The number of rotatable bonds is 10. The van der Waals surface area contributed by atoms with Crippen molar-refractivity contribution in [2.75, 3.05) is 6.54 Å². The molecule has 1 atom stereocenters. The molecule has 1 fully saturated rings. The number of carbonyl (C=O) groups excluding carboxylic acids is 1. The van der Waals surface area contributed by atoms with Crippen molar-refractivity contribution >= 4 is 11.7 Å². The van der Waals surface area contributed by atoms with Crippen molar-refractivity contribution in [1.82, 2.24) is 15.0 Å². The molecule has 1 aromatic heterocycles. The quantitative estimate of drug-likeness (QED) is 0.269. The number of aromatic nitrogens is 2. The van der Waals surface area contributed by atoms with E-state index in [2.05, 4.69) is 29.2 Å². The Bertz CT molecular complexity index is 815. The molecule has 156 valence electrons. The third kappa shape index (κ3) is 5.43. The van der Waals surface area contributed by atoms with Crippen molar-refractivity contribution in [3.8, 4) is 11.4 Å². The minimum Gasteiger partial charge on any atom is -0.370 e. The maximum absolute atomic E-state index is 12.7. The van der Waals surface area contributed by atoms with E-state index in [0.717, 1.165) is 18.4 Å². The molecule has 2 aromatic rings. The van der Waals surface area contributed by atoms with Gasteiger partial charge in [0.15, 0.2) is 5.96 Å². The van der Waals surface area contributed by atoms with Crippen molar-refractivity contribution in [1.29, 1.82) is 5.41 Å². The highest BCUT2D eigenvalue weighted by Gasteiger charge is 2.35. The zero-order valence-corrected chi connectivity index (χ0v) is 17.2. The first-order chi connectivity index (χ1) is 14.1. The van der Waals surface area contributed by atoms with E-state index in [1.165, 1.54) is 44.1 Å². The van der Waals surface area contributed by atoms with Crippen LogP contribution in [0.25, 0.3) is 11.4 Å². The lowest BCUT2D eigenvalue weighted by atomic mass is 10.0. The number of benzene rings is 1. The van der Waals surface area contributed by atoms with Gasteiger partial charge in [-0.1, -0.05) is 68.4 Å². The molecule has 7 nitrogen and oxygen atoms in total. The lowest BCUT2D eigenvalue weighted by molar-refractivity contribution is 0.0867. The molecule has 1 aliphatic heterocycles. The summed E-state index contributed by atoms with van der Waals surface area (Å²) in [5, 5.41) is 11.6. The highest BCUT2D eigenvalue weighted by atomic mass is 16.5. The Hall–Kier alpha value is -2.70. The molecule has 3 N–H and O–H groups in total. The van der Waals surface area contributed by atoms with Gasteiger partial charge in [-0.2, -0.15) is 4.98 Å². The van der Waals surface area contributed by atoms with Crippen molar-refractivity contribution in [3.63, 3.8) is 0 Å². The van der Waals surface area contributed by atoms with Crippen LogP contribution in [-0.4, -0.2) is 39.4 Å². The summed E-state index contributed by atoms with van der Waals surface area (Å²) >= 11 is 0. The second-order valence-corrected chi connectivity index (χ2v) is 7.74. The van der Waals surface area contributed by atoms with E-state index in [1.807, 2.05) is 12.1 Å². The van der Waals surface area contributed by atoms with Crippen LogP contribution in [0.5, 0.6) is 0 Å². The normalized spacial score (nSPS) is 16.3. The smallest absolute Gasteiger partial charge is 0.296 e. The number of aryl methyl sites for hydroxylation is 1. The molecule has 29 heavy (non-hydrogen) atoms. The summed E-state index contributed by atoms with van der Waals surface area (Å²) in [4.78, 5) is 18.6. The monoisotopic (exact) mass is 397 g/mol. The molecule has 0 saturated carbocycles. The average molecular weight is 398 g/mol. The number of nitrogens with zero attached hydrogens (tertiary/aromatic N) is 3. The van der Waals surface area contributed by atoms with E-state index in [-0.39, 0.29) is 17.6 Å². The van der Waals surface area contributed by atoms with E-state index < -0.39 is 6.04 Å². The first kappa shape index (κ1) is 21.0. The number of nitrogens with one attached hydrogen (secondary N) is 1. The number of Topliss-reactive ketones (excluding diaryl/α,β-unsaturated/α-hetero) is 1. The SMILES string of the molecule is CCCCCCCCc1ccc(-c2noc(C(=O)C3CCCN3C(=N)N)n2)cc1. The molecule has 1 aliphatic rings. The number of carbonyl (C=O) groups is 1. The van der Waals surface area contributed by atoms with Gasteiger partial charge in [0.05, 0.1) is 0 Å². The van der Waals surface area contributed by atoms with E-state index in [1.54, 1.807) is 4.90 Å². The Morgan fingerprint density at radius 3 is 2.66 bits per heavy atom. The van der Waals surface area contributed by atoms with Crippen LogP contribution in [0, 0.1) is 5.41 Å². The molecule has 2 heterocycles. The lowest BCUT2D eigenvalue weighted by Gasteiger charge is -2.21. The predicted molar refractivity (Wildman–Crippen MR) is 113 cm³/mol. The third-order valence-electron chi connectivity index (χ3n) is 5.53. The molecule has 1 aromatic carbocycles. The standard InChI is InChI=1S/C22H31N5O2/c1-2-3-4-5-6-7-9-16-11-13-17(14-12-16)20-25-21(29-26-20)19(28)18-10-8-15-27(18)22(23)24/h11-14,18H,2-10,15H2,1H3,(H3,23,24). The number of ketones is 1. The largest absolute Gasteiger partial charge is 0.370 e. The minimum absolute atomic E-state index is 0.0192. The van der Waals surface area contributed by atoms with Gasteiger partial charge in [-0.05, 0) is 31.2 Å². The highest BCUT2D eigenvalue weighted by Crippen LogP contribution is 2.22. The Morgan fingerprint density at radius 1 is 1.21 bits per heavy atom.